The summed E-state index contributed by atoms with van der Waals surface area (Å²) in [6.45, 7) is 0. The summed E-state index contributed by atoms with van der Waals surface area (Å²) in [6.07, 6.45) is 2.90. The summed E-state index contributed by atoms with van der Waals surface area (Å²) in [5.41, 5.74) is 0.467. The van der Waals surface area contributed by atoms with Gasteiger partial charge in [-0.25, -0.2) is 9.97 Å². The number of rotatable bonds is 1. The fourth-order valence-corrected chi connectivity index (χ4v) is 1.09. The van der Waals surface area contributed by atoms with Crippen molar-refractivity contribution in [1.29, 1.82) is 10.5 Å². The summed E-state index contributed by atoms with van der Waals surface area (Å²) in [5.74, 6) is 0.517. The minimum atomic E-state index is 0.00593. The van der Waals surface area contributed by atoms with Crippen molar-refractivity contribution in [2.24, 2.45) is 0 Å². The molecule has 0 unspecified atom stereocenters. The Kier molecular flexibility index (Phi) is 2.14. The van der Waals surface area contributed by atoms with Crippen molar-refractivity contribution in [3.8, 4) is 23.6 Å². The molecule has 0 N–H and O–H groups in total. The van der Waals surface area contributed by atoms with E-state index in [2.05, 4.69) is 9.97 Å². The molecule has 70 valence electrons. The van der Waals surface area contributed by atoms with E-state index >= 15 is 0 Å². The van der Waals surface area contributed by atoms with Crippen LogP contribution in [0.15, 0.2) is 29.0 Å². The first-order valence-electron chi connectivity index (χ1n) is 4.06. The second kappa shape index (κ2) is 3.60. The Morgan fingerprint density at radius 1 is 1.20 bits per heavy atom. The molecule has 0 fully saturated rings. The van der Waals surface area contributed by atoms with Crippen LogP contribution in [0.3, 0.4) is 0 Å². The Labute approximate surface area is 85.2 Å². The maximum atomic E-state index is 8.74. The zero-order chi connectivity index (χ0) is 10.7. The highest BCUT2D eigenvalue weighted by Gasteiger charge is 2.09. The van der Waals surface area contributed by atoms with Gasteiger partial charge in [-0.15, -0.1) is 0 Å². The lowest BCUT2D eigenvalue weighted by Gasteiger charge is -1.96. The van der Waals surface area contributed by atoms with E-state index in [9.17, 15) is 0 Å². The topological polar surface area (TPSA) is 86.5 Å². The van der Waals surface area contributed by atoms with Crippen LogP contribution in [-0.4, -0.2) is 9.97 Å². The van der Waals surface area contributed by atoms with Crippen molar-refractivity contribution in [1.82, 2.24) is 9.97 Å². The van der Waals surface area contributed by atoms with Crippen molar-refractivity contribution in [3.05, 3.63) is 36.0 Å². The molecule has 0 saturated heterocycles. The first-order valence-corrected chi connectivity index (χ1v) is 4.06. The van der Waals surface area contributed by atoms with E-state index in [1.54, 1.807) is 18.2 Å². The lowest BCUT2D eigenvalue weighted by atomic mass is 10.3. The van der Waals surface area contributed by atoms with Crippen LogP contribution >= 0.6 is 0 Å². The summed E-state index contributed by atoms with van der Waals surface area (Å²) in [7, 11) is 0. The van der Waals surface area contributed by atoms with Crippen molar-refractivity contribution < 1.29 is 4.42 Å². The van der Waals surface area contributed by atoms with Gasteiger partial charge in [0.05, 0.1) is 12.5 Å². The predicted octanol–water partition coefficient (Wildman–Crippen LogP) is 1.48. The molecule has 5 nitrogen and oxygen atoms in total. The number of hydrogen-bond donors (Lipinski definition) is 0. The molecule has 0 radical (unpaired) electrons. The van der Waals surface area contributed by atoms with E-state index in [1.807, 2.05) is 6.07 Å². The third-order valence-electron chi connectivity index (χ3n) is 1.76. The number of nitrogens with zero attached hydrogens (tertiary/aromatic N) is 4. The Balaban J connectivity index is 2.56. The molecule has 0 atom stereocenters. The third-order valence-corrected chi connectivity index (χ3v) is 1.76. The molecule has 0 aliphatic rings. The van der Waals surface area contributed by atoms with Crippen molar-refractivity contribution >= 4 is 0 Å². The second-order valence-electron chi connectivity index (χ2n) is 2.65. The highest BCUT2D eigenvalue weighted by molar-refractivity contribution is 5.52. The largest absolute Gasteiger partial charge is 0.463 e. The fraction of sp³-hybridized carbons (Fsp3) is 0. The van der Waals surface area contributed by atoms with E-state index in [-0.39, 0.29) is 11.4 Å². The first kappa shape index (κ1) is 8.92. The molecule has 0 amide bonds. The summed E-state index contributed by atoms with van der Waals surface area (Å²) < 4.78 is 5.10. The molecular formula is C10H4N4O. The van der Waals surface area contributed by atoms with Gasteiger partial charge in [0, 0.05) is 0 Å². The van der Waals surface area contributed by atoms with Crippen molar-refractivity contribution in [3.63, 3.8) is 0 Å². The van der Waals surface area contributed by atoms with Crippen molar-refractivity contribution in [2.75, 3.05) is 0 Å². The summed E-state index contributed by atoms with van der Waals surface area (Å²) >= 11 is 0. The maximum Gasteiger partial charge on any atom is 0.177 e. The molecule has 2 heterocycles. The fourth-order valence-electron chi connectivity index (χ4n) is 1.09. The molecule has 0 bridgehead atoms. The minimum Gasteiger partial charge on any atom is -0.463 e. The van der Waals surface area contributed by atoms with Crippen LogP contribution in [0, 0.1) is 22.7 Å². The first-order chi connectivity index (χ1) is 7.35. The third kappa shape index (κ3) is 1.54. The van der Waals surface area contributed by atoms with Gasteiger partial charge in [0.15, 0.2) is 17.1 Å². The van der Waals surface area contributed by atoms with E-state index in [0.717, 1.165) is 0 Å². The standard InChI is InChI=1S/C10H4N4O/c11-4-7-8(5-12)14-9(6-13-7)10-2-1-3-15-10/h1-3,6H. The van der Waals surface area contributed by atoms with E-state index in [0.29, 0.717) is 11.5 Å². The molecule has 0 aromatic carbocycles. The molecule has 2 aromatic rings. The molecule has 0 aliphatic heterocycles. The SMILES string of the molecule is N#Cc1ncc(-c2ccco2)nc1C#N. The molecule has 2 rings (SSSR count). The van der Waals surface area contributed by atoms with Gasteiger partial charge >= 0.3 is 0 Å². The number of furan rings is 1. The van der Waals surface area contributed by atoms with Gasteiger partial charge < -0.3 is 4.42 Å². The van der Waals surface area contributed by atoms with Gasteiger partial charge in [-0.1, -0.05) is 0 Å². The molecule has 0 saturated carbocycles. The second-order valence-corrected chi connectivity index (χ2v) is 2.65. The van der Waals surface area contributed by atoms with Crippen LogP contribution in [0.2, 0.25) is 0 Å². The Morgan fingerprint density at radius 2 is 2.00 bits per heavy atom. The minimum absolute atomic E-state index is 0.00593. The molecule has 0 spiro atoms. The highest BCUT2D eigenvalue weighted by atomic mass is 16.3. The average Bonchev–Trinajstić information content (AvgIpc) is 2.81. The van der Waals surface area contributed by atoms with E-state index in [1.165, 1.54) is 12.5 Å². The summed E-state index contributed by atoms with van der Waals surface area (Å²) in [4.78, 5) is 7.78. The maximum absolute atomic E-state index is 8.74. The Bertz CT molecular complexity index is 560. The molecule has 15 heavy (non-hydrogen) atoms. The normalized spacial score (nSPS) is 9.20. The van der Waals surface area contributed by atoms with Gasteiger partial charge in [-0.3, -0.25) is 0 Å². The van der Waals surface area contributed by atoms with Gasteiger partial charge in [0.25, 0.3) is 0 Å². The average molecular weight is 196 g/mol. The predicted molar refractivity (Wildman–Crippen MR) is 49.2 cm³/mol. The quantitative estimate of drug-likeness (QED) is 0.689. The van der Waals surface area contributed by atoms with Gasteiger partial charge in [0.2, 0.25) is 0 Å². The van der Waals surface area contributed by atoms with Crippen LogP contribution in [-0.2, 0) is 0 Å². The van der Waals surface area contributed by atoms with Crippen molar-refractivity contribution in [2.45, 2.75) is 0 Å². The number of aromatic nitrogens is 2. The van der Waals surface area contributed by atoms with E-state index in [4.69, 9.17) is 14.9 Å². The monoisotopic (exact) mass is 196 g/mol. The van der Waals surface area contributed by atoms with Gasteiger partial charge in [-0.2, -0.15) is 10.5 Å². The van der Waals surface area contributed by atoms with Crippen LogP contribution in [0.4, 0.5) is 0 Å². The molecule has 0 aliphatic carbocycles. The zero-order valence-corrected chi connectivity index (χ0v) is 7.51. The smallest absolute Gasteiger partial charge is 0.177 e. The number of nitriles is 2. The zero-order valence-electron chi connectivity index (χ0n) is 7.51. The highest BCUT2D eigenvalue weighted by Crippen LogP contribution is 2.17. The van der Waals surface area contributed by atoms with E-state index < -0.39 is 0 Å². The summed E-state index contributed by atoms with van der Waals surface area (Å²) in [5, 5.41) is 17.4. The Hall–Kier alpha value is -2.66. The Morgan fingerprint density at radius 3 is 2.60 bits per heavy atom. The lowest BCUT2D eigenvalue weighted by molar-refractivity contribution is 0.579. The van der Waals surface area contributed by atoms with Gasteiger partial charge in [0.1, 0.15) is 17.8 Å². The van der Waals surface area contributed by atoms with Crippen LogP contribution in [0.25, 0.3) is 11.5 Å². The molecule has 5 heteroatoms. The number of hydrogen-bond acceptors (Lipinski definition) is 5. The van der Waals surface area contributed by atoms with Crippen LogP contribution in [0.1, 0.15) is 11.4 Å². The lowest BCUT2D eigenvalue weighted by Crippen LogP contribution is -1.95. The van der Waals surface area contributed by atoms with Gasteiger partial charge in [-0.05, 0) is 12.1 Å². The molecular weight excluding hydrogens is 192 g/mol. The van der Waals surface area contributed by atoms with Crippen LogP contribution in [0.5, 0.6) is 0 Å². The summed E-state index contributed by atoms with van der Waals surface area (Å²) in [6, 6.07) is 7.02. The molecule has 2 aromatic heterocycles. The van der Waals surface area contributed by atoms with Crippen LogP contribution < -0.4 is 0 Å².